The van der Waals surface area contributed by atoms with E-state index in [-0.39, 0.29) is 5.91 Å². The Morgan fingerprint density at radius 1 is 1.35 bits per heavy atom. The van der Waals surface area contributed by atoms with E-state index in [4.69, 9.17) is 20.9 Å². The molecular weight excluding hydrogens is 456 g/mol. The summed E-state index contributed by atoms with van der Waals surface area (Å²) in [6.07, 6.45) is 3.48. The molecular formula is C21H19ClN4O3S2. The van der Waals surface area contributed by atoms with Gasteiger partial charge in [0, 0.05) is 11.3 Å². The van der Waals surface area contributed by atoms with Gasteiger partial charge in [-0.3, -0.25) is 9.69 Å². The lowest BCUT2D eigenvalue weighted by molar-refractivity contribution is -0.113. The summed E-state index contributed by atoms with van der Waals surface area (Å²) < 4.78 is 10.5. The largest absolute Gasteiger partial charge is 0.495 e. The molecule has 1 aliphatic rings. The minimum Gasteiger partial charge on any atom is -0.495 e. The zero-order chi connectivity index (χ0) is 21.8. The number of ether oxygens (including phenoxy) is 1. The van der Waals surface area contributed by atoms with Gasteiger partial charge in [-0.05, 0) is 42.1 Å². The van der Waals surface area contributed by atoms with Gasteiger partial charge in [0.1, 0.15) is 11.4 Å². The van der Waals surface area contributed by atoms with E-state index in [0.29, 0.717) is 44.8 Å². The van der Waals surface area contributed by atoms with E-state index in [1.807, 2.05) is 17.5 Å². The molecule has 1 amide bonds. The number of nitrogens with zero attached hydrogens (tertiary/aromatic N) is 4. The van der Waals surface area contributed by atoms with Gasteiger partial charge in [-0.25, -0.2) is 4.99 Å². The Morgan fingerprint density at radius 3 is 2.94 bits per heavy atom. The van der Waals surface area contributed by atoms with E-state index >= 15 is 0 Å². The highest BCUT2D eigenvalue weighted by molar-refractivity contribution is 8.13. The van der Waals surface area contributed by atoms with E-state index in [2.05, 4.69) is 22.1 Å². The molecule has 1 aliphatic heterocycles. The van der Waals surface area contributed by atoms with Crippen LogP contribution in [0.25, 0.3) is 6.08 Å². The van der Waals surface area contributed by atoms with Crippen LogP contribution in [0.2, 0.25) is 5.02 Å². The van der Waals surface area contributed by atoms with Gasteiger partial charge < -0.3 is 9.26 Å². The number of thioether (sulfide) groups is 1. The first kappa shape index (κ1) is 21.6. The zero-order valence-electron chi connectivity index (χ0n) is 16.9. The number of hydrogen-bond donors (Lipinski definition) is 0. The molecule has 0 saturated heterocycles. The third-order valence-corrected chi connectivity index (χ3v) is 6.39. The molecule has 0 N–H and O–H groups in total. The van der Waals surface area contributed by atoms with Crippen LogP contribution in [0.5, 0.6) is 5.75 Å². The van der Waals surface area contributed by atoms with E-state index in [9.17, 15) is 4.79 Å². The summed E-state index contributed by atoms with van der Waals surface area (Å²) in [6.45, 7) is 2.06. The SMILES string of the molecule is CCCc1noc(CSC2=N/C(=C\c3cccs3)C(=O)N2c2ccc(OC)c(Cl)c2)n1. The van der Waals surface area contributed by atoms with Crippen molar-refractivity contribution in [3.05, 3.63) is 63.0 Å². The summed E-state index contributed by atoms with van der Waals surface area (Å²) in [7, 11) is 1.55. The fourth-order valence-corrected chi connectivity index (χ4v) is 4.68. The Hall–Kier alpha value is -2.62. The lowest BCUT2D eigenvalue weighted by Crippen LogP contribution is -2.30. The number of anilines is 1. The van der Waals surface area contributed by atoms with Gasteiger partial charge in [0.2, 0.25) is 5.89 Å². The topological polar surface area (TPSA) is 80.8 Å². The van der Waals surface area contributed by atoms with Gasteiger partial charge >= 0.3 is 0 Å². The van der Waals surface area contributed by atoms with E-state index in [1.165, 1.54) is 11.8 Å². The highest BCUT2D eigenvalue weighted by Gasteiger charge is 2.33. The normalized spacial score (nSPS) is 15.1. The summed E-state index contributed by atoms with van der Waals surface area (Å²) in [6, 6.07) is 9.06. The Balaban J connectivity index is 1.63. The predicted octanol–water partition coefficient (Wildman–Crippen LogP) is 5.42. The van der Waals surface area contributed by atoms with Crippen molar-refractivity contribution in [2.24, 2.45) is 4.99 Å². The molecule has 0 aliphatic carbocycles. The minimum atomic E-state index is -0.227. The van der Waals surface area contributed by atoms with E-state index in [1.54, 1.807) is 47.6 Å². The summed E-state index contributed by atoms with van der Waals surface area (Å²) in [5.41, 5.74) is 0.961. The number of carbonyl (C=O) groups excluding carboxylic acids is 1. The van der Waals surface area contributed by atoms with Crippen molar-refractivity contribution >= 4 is 57.5 Å². The number of aliphatic imine (C=N–C) groups is 1. The van der Waals surface area contributed by atoms with Gasteiger partial charge in [0.15, 0.2) is 11.0 Å². The van der Waals surface area contributed by atoms with Crippen LogP contribution in [0.3, 0.4) is 0 Å². The number of benzene rings is 1. The third-order valence-electron chi connectivity index (χ3n) is 4.35. The number of halogens is 1. The van der Waals surface area contributed by atoms with Crippen LogP contribution in [0.4, 0.5) is 5.69 Å². The van der Waals surface area contributed by atoms with Crippen molar-refractivity contribution in [1.82, 2.24) is 10.1 Å². The second kappa shape index (κ2) is 9.67. The molecule has 0 saturated carbocycles. The highest BCUT2D eigenvalue weighted by atomic mass is 35.5. The molecule has 0 radical (unpaired) electrons. The molecule has 4 rings (SSSR count). The summed E-state index contributed by atoms with van der Waals surface area (Å²) in [4.78, 5) is 24.7. The molecule has 160 valence electrons. The Kier molecular flexibility index (Phi) is 6.74. The Morgan fingerprint density at radius 2 is 2.23 bits per heavy atom. The second-order valence-corrected chi connectivity index (χ2v) is 8.87. The molecule has 1 aromatic carbocycles. The molecule has 0 bridgehead atoms. The first-order valence-electron chi connectivity index (χ1n) is 9.55. The van der Waals surface area contributed by atoms with Crippen molar-refractivity contribution in [3.63, 3.8) is 0 Å². The van der Waals surface area contributed by atoms with Crippen molar-refractivity contribution in [2.45, 2.75) is 25.5 Å². The Bertz CT molecular complexity index is 1140. The standard InChI is InChI=1S/C21H19ClN4O3S2/c1-3-5-18-24-19(29-25-18)12-31-21-23-16(11-14-6-4-9-30-14)20(27)26(21)13-7-8-17(28-2)15(22)10-13/h4,6-11H,3,5,12H2,1-2H3/b16-11-. The monoisotopic (exact) mass is 474 g/mol. The first-order valence-corrected chi connectivity index (χ1v) is 11.8. The molecule has 31 heavy (non-hydrogen) atoms. The predicted molar refractivity (Wildman–Crippen MR) is 125 cm³/mol. The third kappa shape index (κ3) is 4.84. The fourth-order valence-electron chi connectivity index (χ4n) is 2.92. The number of amides is 1. The van der Waals surface area contributed by atoms with E-state index < -0.39 is 0 Å². The van der Waals surface area contributed by atoms with Gasteiger partial charge in [-0.15, -0.1) is 11.3 Å². The van der Waals surface area contributed by atoms with Crippen LogP contribution in [0.1, 0.15) is 29.9 Å². The maximum Gasteiger partial charge on any atom is 0.283 e. The lowest BCUT2D eigenvalue weighted by atomic mass is 10.2. The van der Waals surface area contributed by atoms with Crippen LogP contribution in [-0.2, 0) is 17.0 Å². The molecule has 2 aromatic heterocycles. The number of aromatic nitrogens is 2. The highest BCUT2D eigenvalue weighted by Crippen LogP contribution is 2.35. The van der Waals surface area contributed by atoms with E-state index in [0.717, 1.165) is 17.7 Å². The number of carbonyl (C=O) groups is 1. The number of hydrogen-bond acceptors (Lipinski definition) is 8. The molecule has 0 spiro atoms. The maximum atomic E-state index is 13.2. The van der Waals surface area contributed by atoms with Crippen LogP contribution >= 0.6 is 34.7 Å². The second-order valence-electron chi connectivity index (χ2n) is 6.54. The molecule has 3 aromatic rings. The summed E-state index contributed by atoms with van der Waals surface area (Å²) in [5.74, 6) is 1.88. The Labute approximate surface area is 192 Å². The average molecular weight is 475 g/mol. The first-order chi connectivity index (χ1) is 15.1. The molecule has 0 fully saturated rings. The zero-order valence-corrected chi connectivity index (χ0v) is 19.3. The summed E-state index contributed by atoms with van der Waals surface area (Å²) >= 11 is 9.20. The number of amidine groups is 1. The summed E-state index contributed by atoms with van der Waals surface area (Å²) in [5, 5.41) is 6.86. The van der Waals surface area contributed by atoms with Crippen LogP contribution in [0.15, 0.2) is 50.9 Å². The van der Waals surface area contributed by atoms with Crippen molar-refractivity contribution in [2.75, 3.05) is 12.0 Å². The molecule has 0 atom stereocenters. The number of rotatable bonds is 7. The minimum absolute atomic E-state index is 0.227. The van der Waals surface area contributed by atoms with Crippen molar-refractivity contribution < 1.29 is 14.1 Å². The lowest BCUT2D eigenvalue weighted by Gasteiger charge is -2.18. The van der Waals surface area contributed by atoms with Crippen LogP contribution in [-0.4, -0.2) is 28.3 Å². The number of methoxy groups -OCH3 is 1. The van der Waals surface area contributed by atoms with Crippen molar-refractivity contribution in [3.8, 4) is 5.75 Å². The van der Waals surface area contributed by atoms with Crippen LogP contribution in [0, 0.1) is 0 Å². The molecule has 7 nitrogen and oxygen atoms in total. The van der Waals surface area contributed by atoms with Gasteiger partial charge in [0.05, 0.1) is 23.6 Å². The average Bonchev–Trinajstić information content (AvgIpc) is 3.49. The smallest absolute Gasteiger partial charge is 0.283 e. The van der Waals surface area contributed by atoms with Crippen LogP contribution < -0.4 is 9.64 Å². The van der Waals surface area contributed by atoms with Gasteiger partial charge in [0.25, 0.3) is 5.91 Å². The number of thiophene rings is 1. The molecule has 10 heteroatoms. The molecule has 0 unspecified atom stereocenters. The number of aryl methyl sites for hydroxylation is 1. The van der Waals surface area contributed by atoms with Crippen molar-refractivity contribution in [1.29, 1.82) is 0 Å². The maximum absolute atomic E-state index is 13.2. The quantitative estimate of drug-likeness (QED) is 0.425. The molecule has 3 heterocycles. The van der Waals surface area contributed by atoms with Gasteiger partial charge in [-0.2, -0.15) is 4.98 Å². The fraction of sp³-hybridized carbons (Fsp3) is 0.238. The van der Waals surface area contributed by atoms with Gasteiger partial charge in [-0.1, -0.05) is 41.5 Å².